The molecule has 2 aliphatic carbocycles. The van der Waals surface area contributed by atoms with Crippen LogP contribution in [0.1, 0.15) is 64.7 Å². The molecule has 2 bridgehead atoms. The molecule has 5 atom stereocenters. The van der Waals surface area contributed by atoms with Crippen molar-refractivity contribution in [2.75, 3.05) is 5.32 Å². The largest absolute Gasteiger partial charge is 0.359 e. The first-order valence-corrected chi connectivity index (χ1v) is 14.8. The number of carbonyl (C=O) groups is 3. The van der Waals surface area contributed by atoms with Gasteiger partial charge in [0.25, 0.3) is 0 Å². The zero-order chi connectivity index (χ0) is 26.6. The first kappa shape index (κ1) is 26.1. The normalized spacial score (nSPS) is 36.4. The van der Waals surface area contributed by atoms with Crippen molar-refractivity contribution in [2.45, 2.75) is 94.5 Å². The maximum atomic E-state index is 14.2. The number of ether oxygens (including phenoxy) is 1. The SMILES string of the molecule is CC1CCC(N2C(=O)[C@@H]3[C@H](C(=O)Nc4cc(Cl)cc(Cl)c4)[C@@H]4C=C[C@@]3(O4)[C@@H]2C(=O)NC2CCCCC2)CC1. The van der Waals surface area contributed by atoms with Gasteiger partial charge in [-0.1, -0.05) is 61.5 Å². The number of hydrogen-bond donors (Lipinski definition) is 2. The Morgan fingerprint density at radius 1 is 0.974 bits per heavy atom. The molecule has 2 saturated carbocycles. The Morgan fingerprint density at radius 3 is 2.34 bits per heavy atom. The minimum absolute atomic E-state index is 0.0349. The molecule has 3 heterocycles. The predicted molar refractivity (Wildman–Crippen MR) is 146 cm³/mol. The molecule has 4 fully saturated rings. The monoisotopic (exact) mass is 559 g/mol. The van der Waals surface area contributed by atoms with E-state index in [0.717, 1.165) is 51.4 Å². The molecule has 0 unspecified atom stereocenters. The maximum Gasteiger partial charge on any atom is 0.246 e. The summed E-state index contributed by atoms with van der Waals surface area (Å²) in [5.74, 6) is -1.53. The zero-order valence-electron chi connectivity index (χ0n) is 21.6. The molecule has 9 heteroatoms. The number of likely N-dealkylation sites (tertiary alicyclic amines) is 1. The number of fused-ring (bicyclic) bond motifs is 1. The van der Waals surface area contributed by atoms with Gasteiger partial charge in [0.2, 0.25) is 17.7 Å². The molecule has 6 rings (SSSR count). The minimum Gasteiger partial charge on any atom is -0.359 e. The Morgan fingerprint density at radius 2 is 1.66 bits per heavy atom. The van der Waals surface area contributed by atoms with Gasteiger partial charge in [-0.15, -0.1) is 0 Å². The van der Waals surface area contributed by atoms with Crippen molar-refractivity contribution in [1.82, 2.24) is 10.2 Å². The zero-order valence-corrected chi connectivity index (χ0v) is 23.1. The van der Waals surface area contributed by atoms with Crippen molar-refractivity contribution < 1.29 is 19.1 Å². The first-order valence-electron chi connectivity index (χ1n) is 14.0. The first-order chi connectivity index (χ1) is 18.3. The molecule has 2 N–H and O–H groups in total. The molecule has 0 radical (unpaired) electrons. The molecule has 204 valence electrons. The van der Waals surface area contributed by atoms with E-state index in [4.69, 9.17) is 27.9 Å². The third kappa shape index (κ3) is 4.44. The highest BCUT2D eigenvalue weighted by atomic mass is 35.5. The smallest absolute Gasteiger partial charge is 0.246 e. The molecule has 5 aliphatic rings. The Balaban J connectivity index is 1.32. The summed E-state index contributed by atoms with van der Waals surface area (Å²) in [6, 6.07) is 4.14. The van der Waals surface area contributed by atoms with Crippen LogP contribution in [0.15, 0.2) is 30.4 Å². The highest BCUT2D eigenvalue weighted by Crippen LogP contribution is 2.56. The van der Waals surface area contributed by atoms with Crippen molar-refractivity contribution in [3.63, 3.8) is 0 Å². The Kier molecular flexibility index (Phi) is 6.98. The van der Waals surface area contributed by atoms with Crippen molar-refractivity contribution in [3.8, 4) is 0 Å². The summed E-state index contributed by atoms with van der Waals surface area (Å²) < 4.78 is 6.49. The number of nitrogens with zero attached hydrogens (tertiary/aromatic N) is 1. The molecule has 0 aromatic heterocycles. The quantitative estimate of drug-likeness (QED) is 0.490. The second kappa shape index (κ2) is 10.1. The third-order valence-electron chi connectivity index (χ3n) is 9.32. The van der Waals surface area contributed by atoms with Crippen LogP contribution in [0.3, 0.4) is 0 Å². The van der Waals surface area contributed by atoms with Gasteiger partial charge in [-0.2, -0.15) is 0 Å². The molecule has 7 nitrogen and oxygen atoms in total. The number of rotatable bonds is 5. The molecule has 1 aromatic rings. The summed E-state index contributed by atoms with van der Waals surface area (Å²) in [6.45, 7) is 2.23. The van der Waals surface area contributed by atoms with E-state index in [1.165, 1.54) is 6.42 Å². The Labute approximate surface area is 233 Å². The summed E-state index contributed by atoms with van der Waals surface area (Å²) in [4.78, 5) is 43.7. The number of amides is 3. The van der Waals surface area contributed by atoms with Gasteiger partial charge in [0.05, 0.1) is 17.9 Å². The molecular weight excluding hydrogens is 525 g/mol. The van der Waals surface area contributed by atoms with Crippen molar-refractivity contribution >= 4 is 46.6 Å². The van der Waals surface area contributed by atoms with Gasteiger partial charge in [-0.3, -0.25) is 14.4 Å². The molecule has 3 aliphatic heterocycles. The van der Waals surface area contributed by atoms with Crippen LogP contribution in [0.25, 0.3) is 0 Å². The fourth-order valence-corrected chi connectivity index (χ4v) is 8.03. The molecule has 1 aromatic carbocycles. The van der Waals surface area contributed by atoms with Gasteiger partial charge in [-0.25, -0.2) is 0 Å². The van der Waals surface area contributed by atoms with Crippen LogP contribution in [0, 0.1) is 17.8 Å². The fourth-order valence-electron chi connectivity index (χ4n) is 7.50. The Bertz CT molecular complexity index is 1140. The average molecular weight is 561 g/mol. The molecule has 3 amide bonds. The average Bonchev–Trinajstić information content (AvgIpc) is 3.52. The number of hydrogen-bond acceptors (Lipinski definition) is 4. The lowest BCUT2D eigenvalue weighted by Crippen LogP contribution is -2.58. The van der Waals surface area contributed by atoms with Gasteiger partial charge < -0.3 is 20.3 Å². The lowest BCUT2D eigenvalue weighted by molar-refractivity contribution is -0.145. The van der Waals surface area contributed by atoms with Gasteiger partial charge in [0.1, 0.15) is 11.6 Å². The lowest BCUT2D eigenvalue weighted by atomic mass is 9.74. The van der Waals surface area contributed by atoms with E-state index in [2.05, 4.69) is 17.6 Å². The van der Waals surface area contributed by atoms with Crippen LogP contribution in [-0.4, -0.2) is 52.5 Å². The molecule has 2 saturated heterocycles. The maximum absolute atomic E-state index is 14.2. The van der Waals surface area contributed by atoms with Crippen LogP contribution >= 0.6 is 23.2 Å². The fraction of sp³-hybridized carbons (Fsp3) is 0.621. The number of benzene rings is 1. The second-order valence-electron chi connectivity index (χ2n) is 11.9. The van der Waals surface area contributed by atoms with E-state index in [9.17, 15) is 14.4 Å². The van der Waals surface area contributed by atoms with Gasteiger partial charge in [0.15, 0.2) is 0 Å². The van der Waals surface area contributed by atoms with E-state index in [1.807, 2.05) is 12.2 Å². The van der Waals surface area contributed by atoms with Crippen molar-refractivity contribution in [2.24, 2.45) is 17.8 Å². The highest BCUT2D eigenvalue weighted by molar-refractivity contribution is 6.35. The lowest BCUT2D eigenvalue weighted by Gasteiger charge is -2.40. The standard InChI is InChI=1S/C29H35Cl2N3O4/c1-16-7-9-21(10-8-16)34-25(27(36)32-19-5-3-2-4-6-19)29-12-11-22(38-29)23(24(29)28(34)37)26(35)33-20-14-17(30)13-18(31)15-20/h11-16,19,21-25H,2-10H2,1H3,(H,32,36)(H,33,35)/t16?,21?,22-,23+,24-,25-,29-/m0/s1. The summed E-state index contributed by atoms with van der Waals surface area (Å²) in [6.07, 6.45) is 12.2. The summed E-state index contributed by atoms with van der Waals surface area (Å²) in [7, 11) is 0. The summed E-state index contributed by atoms with van der Waals surface area (Å²) >= 11 is 12.3. The van der Waals surface area contributed by atoms with E-state index in [-0.39, 0.29) is 29.8 Å². The van der Waals surface area contributed by atoms with Gasteiger partial charge in [0, 0.05) is 27.8 Å². The molecular formula is C29H35Cl2N3O4. The van der Waals surface area contributed by atoms with Crippen molar-refractivity contribution in [3.05, 3.63) is 40.4 Å². The highest BCUT2D eigenvalue weighted by Gasteiger charge is 2.73. The van der Waals surface area contributed by atoms with E-state index in [0.29, 0.717) is 21.7 Å². The number of nitrogens with one attached hydrogen (secondary N) is 2. The minimum atomic E-state index is -1.14. The third-order valence-corrected chi connectivity index (χ3v) is 9.76. The van der Waals surface area contributed by atoms with Crippen molar-refractivity contribution in [1.29, 1.82) is 0 Å². The van der Waals surface area contributed by atoms with Crippen LogP contribution < -0.4 is 10.6 Å². The number of halogens is 2. The number of carbonyl (C=O) groups excluding carboxylic acids is 3. The van der Waals surface area contributed by atoms with Crippen LogP contribution in [0.2, 0.25) is 10.0 Å². The van der Waals surface area contributed by atoms with E-state index >= 15 is 0 Å². The second-order valence-corrected chi connectivity index (χ2v) is 12.7. The summed E-state index contributed by atoms with van der Waals surface area (Å²) in [5.41, 5.74) is -0.680. The number of anilines is 1. The van der Waals surface area contributed by atoms with Gasteiger partial charge in [-0.05, 0) is 62.6 Å². The predicted octanol–water partition coefficient (Wildman–Crippen LogP) is 5.11. The van der Waals surface area contributed by atoms with Crippen LogP contribution in [-0.2, 0) is 19.1 Å². The van der Waals surface area contributed by atoms with Crippen LogP contribution in [0.4, 0.5) is 5.69 Å². The molecule has 38 heavy (non-hydrogen) atoms. The molecule has 1 spiro atoms. The topological polar surface area (TPSA) is 87.7 Å². The van der Waals surface area contributed by atoms with E-state index in [1.54, 1.807) is 23.1 Å². The van der Waals surface area contributed by atoms with Gasteiger partial charge >= 0.3 is 0 Å². The Hall–Kier alpha value is -2.09. The van der Waals surface area contributed by atoms with E-state index < -0.39 is 29.6 Å². The summed E-state index contributed by atoms with van der Waals surface area (Å²) in [5, 5.41) is 6.98. The van der Waals surface area contributed by atoms with Crippen LogP contribution in [0.5, 0.6) is 0 Å².